The number of nitrogens with zero attached hydrogens (tertiary/aromatic N) is 4. The van der Waals surface area contributed by atoms with E-state index in [1.165, 1.54) is 12.1 Å². The van der Waals surface area contributed by atoms with Crippen LogP contribution in [0, 0.1) is 11.7 Å². The topological polar surface area (TPSA) is 81.4 Å². The molecule has 2 fully saturated rings. The van der Waals surface area contributed by atoms with Crippen LogP contribution in [0.5, 0.6) is 0 Å². The second kappa shape index (κ2) is 9.39. The first-order valence-corrected chi connectivity index (χ1v) is 11.5. The molecule has 1 atom stereocenters. The van der Waals surface area contributed by atoms with Gasteiger partial charge in [-0.05, 0) is 61.4 Å². The quantitative estimate of drug-likeness (QED) is 0.588. The summed E-state index contributed by atoms with van der Waals surface area (Å²) in [6, 6.07) is 10.0. The van der Waals surface area contributed by atoms with Crippen molar-refractivity contribution in [1.82, 2.24) is 20.0 Å². The third-order valence-electron chi connectivity index (χ3n) is 6.72. The Kier molecular flexibility index (Phi) is 6.17. The van der Waals surface area contributed by atoms with Gasteiger partial charge in [-0.25, -0.2) is 4.39 Å². The molecular formula is C25H27FN4O3. The maximum Gasteiger partial charge on any atom is 0.227 e. The summed E-state index contributed by atoms with van der Waals surface area (Å²) < 4.78 is 25.2. The van der Waals surface area contributed by atoms with Crippen LogP contribution in [0.1, 0.15) is 37.1 Å². The van der Waals surface area contributed by atoms with Crippen molar-refractivity contribution in [3.05, 3.63) is 66.1 Å². The fourth-order valence-corrected chi connectivity index (χ4v) is 4.95. The molecule has 5 rings (SSSR count). The van der Waals surface area contributed by atoms with Crippen LogP contribution in [0.25, 0.3) is 11.4 Å². The van der Waals surface area contributed by atoms with Gasteiger partial charge in [-0.3, -0.25) is 9.78 Å². The number of halogens is 1. The molecule has 0 saturated carbocycles. The Balaban J connectivity index is 1.16. The van der Waals surface area contributed by atoms with Crippen molar-refractivity contribution in [2.45, 2.75) is 44.1 Å². The predicted molar refractivity (Wildman–Crippen MR) is 119 cm³/mol. The largest absolute Gasteiger partial charge is 0.375 e. The molecule has 1 amide bonds. The molecule has 3 aromatic rings. The van der Waals surface area contributed by atoms with Crippen LogP contribution < -0.4 is 0 Å². The summed E-state index contributed by atoms with van der Waals surface area (Å²) >= 11 is 0. The van der Waals surface area contributed by atoms with Gasteiger partial charge in [0.15, 0.2) is 0 Å². The number of ether oxygens (including phenoxy) is 1. The average molecular weight is 451 g/mol. The minimum absolute atomic E-state index is 0.0385. The van der Waals surface area contributed by atoms with E-state index in [2.05, 4.69) is 15.1 Å². The molecule has 1 spiro atoms. The van der Waals surface area contributed by atoms with Crippen molar-refractivity contribution in [1.29, 1.82) is 0 Å². The molecule has 1 unspecified atom stereocenters. The van der Waals surface area contributed by atoms with E-state index in [0.717, 1.165) is 37.7 Å². The van der Waals surface area contributed by atoms with Gasteiger partial charge in [-0.2, -0.15) is 4.98 Å². The summed E-state index contributed by atoms with van der Waals surface area (Å²) in [6.45, 7) is 2.02. The Hall–Kier alpha value is -3.13. The molecule has 4 heterocycles. The van der Waals surface area contributed by atoms with E-state index in [0.29, 0.717) is 42.9 Å². The lowest BCUT2D eigenvalue weighted by Gasteiger charge is -2.46. The summed E-state index contributed by atoms with van der Waals surface area (Å²) in [6.07, 6.45) is 7.88. The smallest absolute Gasteiger partial charge is 0.227 e. The van der Waals surface area contributed by atoms with Crippen LogP contribution in [0.2, 0.25) is 0 Å². The van der Waals surface area contributed by atoms with Crippen LogP contribution >= 0.6 is 0 Å². The molecule has 2 aliphatic rings. The van der Waals surface area contributed by atoms with Crippen molar-refractivity contribution in [3.63, 3.8) is 0 Å². The first kappa shape index (κ1) is 21.7. The van der Waals surface area contributed by atoms with Crippen LogP contribution in [-0.4, -0.2) is 51.2 Å². The summed E-state index contributed by atoms with van der Waals surface area (Å²) in [7, 11) is 0. The molecule has 1 aromatic carbocycles. The van der Waals surface area contributed by atoms with Gasteiger partial charge in [0.25, 0.3) is 0 Å². The Morgan fingerprint density at radius 2 is 2.09 bits per heavy atom. The van der Waals surface area contributed by atoms with Gasteiger partial charge in [0.05, 0.1) is 12.0 Å². The molecule has 7 nitrogen and oxygen atoms in total. The van der Waals surface area contributed by atoms with Crippen LogP contribution in [-0.2, 0) is 22.4 Å². The first-order valence-electron chi connectivity index (χ1n) is 11.5. The highest BCUT2D eigenvalue weighted by molar-refractivity contribution is 5.78. The normalized spacial score (nSPS) is 20.2. The summed E-state index contributed by atoms with van der Waals surface area (Å²) in [5, 5.41) is 4.10. The Labute approximate surface area is 192 Å². The second-order valence-electron chi connectivity index (χ2n) is 9.04. The molecular weight excluding hydrogens is 423 g/mol. The van der Waals surface area contributed by atoms with Gasteiger partial charge in [-0.1, -0.05) is 17.3 Å². The summed E-state index contributed by atoms with van der Waals surface area (Å²) in [4.78, 5) is 23.2. The molecule has 2 aliphatic heterocycles. The lowest BCUT2D eigenvalue weighted by atomic mass is 9.78. The number of pyridine rings is 1. The highest BCUT2D eigenvalue weighted by Gasteiger charge is 2.41. The van der Waals surface area contributed by atoms with Crippen molar-refractivity contribution >= 4 is 5.91 Å². The average Bonchev–Trinajstić information content (AvgIpc) is 3.29. The van der Waals surface area contributed by atoms with Gasteiger partial charge in [0, 0.05) is 44.1 Å². The predicted octanol–water partition coefficient (Wildman–Crippen LogP) is 3.84. The Morgan fingerprint density at radius 3 is 2.88 bits per heavy atom. The van der Waals surface area contributed by atoms with Crippen molar-refractivity contribution in [2.75, 3.05) is 19.7 Å². The maximum absolute atomic E-state index is 13.4. The molecule has 0 radical (unpaired) electrons. The van der Waals surface area contributed by atoms with E-state index in [1.54, 1.807) is 24.5 Å². The molecule has 0 aliphatic carbocycles. The lowest BCUT2D eigenvalue weighted by molar-refractivity contribution is -0.146. The standard InChI is InChI=1S/C25H27FN4O3/c26-21-5-1-3-18(13-21)15-23(31)30-10-7-25(8-11-30)16-19(6-12-32-25)14-22-28-24(29-33-22)20-4-2-9-27-17-20/h1-5,9,13,17,19H,6-8,10-12,14-16H2. The molecule has 2 saturated heterocycles. The third-order valence-corrected chi connectivity index (χ3v) is 6.72. The number of amides is 1. The van der Waals surface area contributed by atoms with E-state index in [-0.39, 0.29) is 23.7 Å². The third kappa shape index (κ3) is 5.11. The monoisotopic (exact) mass is 450 g/mol. The maximum atomic E-state index is 13.4. The fraction of sp³-hybridized carbons (Fsp3) is 0.440. The Bertz CT molecular complexity index is 1100. The number of carbonyl (C=O) groups excluding carboxylic acids is 1. The highest BCUT2D eigenvalue weighted by atomic mass is 19.1. The number of likely N-dealkylation sites (tertiary alicyclic amines) is 1. The van der Waals surface area contributed by atoms with Gasteiger partial charge in [-0.15, -0.1) is 0 Å². The van der Waals surface area contributed by atoms with Gasteiger partial charge < -0.3 is 14.2 Å². The molecule has 2 aromatic heterocycles. The Morgan fingerprint density at radius 1 is 1.21 bits per heavy atom. The number of aromatic nitrogens is 3. The van der Waals surface area contributed by atoms with Crippen LogP contribution in [0.4, 0.5) is 4.39 Å². The lowest BCUT2D eigenvalue weighted by Crippen LogP contribution is -2.51. The van der Waals surface area contributed by atoms with Gasteiger partial charge in [0.2, 0.25) is 17.6 Å². The molecule has 0 bridgehead atoms. The summed E-state index contributed by atoms with van der Waals surface area (Å²) in [5.41, 5.74) is 1.34. The fourth-order valence-electron chi connectivity index (χ4n) is 4.95. The summed E-state index contributed by atoms with van der Waals surface area (Å²) in [5.74, 6) is 1.32. The second-order valence-corrected chi connectivity index (χ2v) is 9.04. The van der Waals surface area contributed by atoms with Crippen molar-refractivity contribution < 1.29 is 18.4 Å². The van der Waals surface area contributed by atoms with Crippen LogP contribution in [0.3, 0.4) is 0 Å². The molecule has 0 N–H and O–H groups in total. The van der Waals surface area contributed by atoms with Crippen molar-refractivity contribution in [2.24, 2.45) is 5.92 Å². The van der Waals surface area contributed by atoms with Crippen molar-refractivity contribution in [3.8, 4) is 11.4 Å². The number of hydrogen-bond donors (Lipinski definition) is 0. The first-order chi connectivity index (χ1) is 16.1. The number of carbonyl (C=O) groups is 1. The molecule has 8 heteroatoms. The minimum atomic E-state index is -0.312. The van der Waals surface area contributed by atoms with E-state index in [4.69, 9.17) is 9.26 Å². The van der Waals surface area contributed by atoms with E-state index >= 15 is 0 Å². The number of benzene rings is 1. The zero-order chi connectivity index (χ0) is 22.7. The van der Waals surface area contributed by atoms with Gasteiger partial charge >= 0.3 is 0 Å². The van der Waals surface area contributed by atoms with E-state index < -0.39 is 0 Å². The van der Waals surface area contributed by atoms with Gasteiger partial charge in [0.1, 0.15) is 5.82 Å². The van der Waals surface area contributed by atoms with E-state index in [9.17, 15) is 9.18 Å². The number of hydrogen-bond acceptors (Lipinski definition) is 6. The van der Waals surface area contributed by atoms with Crippen LogP contribution in [0.15, 0.2) is 53.3 Å². The zero-order valence-electron chi connectivity index (χ0n) is 18.5. The molecule has 33 heavy (non-hydrogen) atoms. The molecule has 172 valence electrons. The van der Waals surface area contributed by atoms with E-state index in [1.807, 2.05) is 17.0 Å². The SMILES string of the molecule is O=C(Cc1cccc(F)c1)N1CCC2(CC1)CC(Cc1nc(-c3cccnc3)no1)CCO2. The minimum Gasteiger partial charge on any atom is -0.375 e. The highest BCUT2D eigenvalue weighted by Crippen LogP contribution is 2.39. The number of rotatable bonds is 5. The number of piperidine rings is 1. The zero-order valence-corrected chi connectivity index (χ0v) is 18.5.